The summed E-state index contributed by atoms with van der Waals surface area (Å²) in [6, 6.07) is 0. The predicted octanol–water partition coefficient (Wildman–Crippen LogP) is 3.48. The average Bonchev–Trinajstić information content (AvgIpc) is 3.34. The van der Waals surface area contributed by atoms with Crippen molar-refractivity contribution >= 4 is 5.91 Å². The lowest BCUT2D eigenvalue weighted by molar-refractivity contribution is 0.0868. The molecule has 0 aromatic carbocycles. The topological polar surface area (TPSA) is 67.2 Å². The Bertz CT molecular complexity index is 578. The van der Waals surface area contributed by atoms with Gasteiger partial charge in [0.2, 0.25) is 0 Å². The first-order chi connectivity index (χ1) is 12.0. The number of carbonyl (C=O) groups excluding carboxylic acids is 1. The van der Waals surface area contributed by atoms with E-state index in [1.54, 1.807) is 6.20 Å². The van der Waals surface area contributed by atoms with Crippen molar-refractivity contribution in [2.75, 3.05) is 13.2 Å². The largest absolute Gasteiger partial charge is 0.396 e. The van der Waals surface area contributed by atoms with Crippen LogP contribution in [0.3, 0.4) is 0 Å². The third-order valence-corrected chi connectivity index (χ3v) is 5.81. The van der Waals surface area contributed by atoms with Crippen molar-refractivity contribution in [1.82, 2.24) is 15.1 Å². The molecule has 2 aliphatic carbocycles. The highest BCUT2D eigenvalue weighted by Crippen LogP contribution is 2.42. The summed E-state index contributed by atoms with van der Waals surface area (Å²) in [5, 5.41) is 17.1. The first-order valence-electron chi connectivity index (χ1n) is 9.99. The summed E-state index contributed by atoms with van der Waals surface area (Å²) in [6.45, 7) is 6.11. The van der Waals surface area contributed by atoms with Crippen molar-refractivity contribution in [3.8, 4) is 0 Å². The van der Waals surface area contributed by atoms with Crippen molar-refractivity contribution < 1.29 is 9.90 Å². The Balaban J connectivity index is 1.69. The Kier molecular flexibility index (Phi) is 5.82. The molecule has 1 aromatic heterocycles. The normalized spacial score (nSPS) is 20.0. The second-order valence-electron chi connectivity index (χ2n) is 8.51. The van der Waals surface area contributed by atoms with E-state index in [2.05, 4.69) is 24.3 Å². The summed E-state index contributed by atoms with van der Waals surface area (Å²) < 4.78 is 2.04. The van der Waals surface area contributed by atoms with Crippen LogP contribution < -0.4 is 5.32 Å². The first-order valence-corrected chi connectivity index (χ1v) is 9.99. The van der Waals surface area contributed by atoms with E-state index in [1.165, 1.54) is 32.1 Å². The van der Waals surface area contributed by atoms with Crippen molar-refractivity contribution in [2.24, 2.45) is 11.3 Å². The SMILES string of the molecule is CC(C)Cn1ncc(C(=O)NCC2(CCO)CCCCC2)c1C1CC1. The summed E-state index contributed by atoms with van der Waals surface area (Å²) in [4.78, 5) is 12.9. The minimum atomic E-state index is 0.0137. The molecule has 2 fully saturated rings. The molecule has 140 valence electrons. The molecule has 0 saturated heterocycles. The van der Waals surface area contributed by atoms with E-state index in [0.29, 0.717) is 18.4 Å². The van der Waals surface area contributed by atoms with E-state index in [9.17, 15) is 9.90 Å². The van der Waals surface area contributed by atoms with Gasteiger partial charge in [0.1, 0.15) is 0 Å². The van der Waals surface area contributed by atoms with Crippen LogP contribution in [0.5, 0.6) is 0 Å². The molecule has 0 unspecified atom stereocenters. The second-order valence-corrected chi connectivity index (χ2v) is 8.51. The van der Waals surface area contributed by atoms with Crippen LogP contribution in [0.1, 0.15) is 87.2 Å². The van der Waals surface area contributed by atoms with E-state index in [0.717, 1.165) is 37.1 Å². The summed E-state index contributed by atoms with van der Waals surface area (Å²) in [7, 11) is 0. The zero-order valence-electron chi connectivity index (χ0n) is 15.8. The number of carbonyl (C=O) groups is 1. The highest BCUT2D eigenvalue weighted by Gasteiger charge is 2.35. The molecule has 0 atom stereocenters. The van der Waals surface area contributed by atoms with Gasteiger partial charge in [-0.3, -0.25) is 9.48 Å². The molecule has 0 radical (unpaired) electrons. The van der Waals surface area contributed by atoms with Crippen molar-refractivity contribution in [2.45, 2.75) is 77.7 Å². The van der Waals surface area contributed by atoms with Gasteiger partial charge in [0.15, 0.2) is 0 Å². The van der Waals surface area contributed by atoms with Crippen LogP contribution in [0.4, 0.5) is 0 Å². The fourth-order valence-electron chi connectivity index (χ4n) is 4.27. The number of nitrogens with one attached hydrogen (secondary N) is 1. The van der Waals surface area contributed by atoms with E-state index >= 15 is 0 Å². The molecular formula is C20H33N3O2. The monoisotopic (exact) mass is 347 g/mol. The van der Waals surface area contributed by atoms with Crippen LogP contribution in [0.15, 0.2) is 6.20 Å². The summed E-state index contributed by atoms with van der Waals surface area (Å²) in [5.74, 6) is 1.03. The van der Waals surface area contributed by atoms with Gasteiger partial charge in [0.25, 0.3) is 5.91 Å². The lowest BCUT2D eigenvalue weighted by Gasteiger charge is -2.37. The molecule has 5 heteroatoms. The molecule has 1 heterocycles. The van der Waals surface area contributed by atoms with Gasteiger partial charge in [-0.15, -0.1) is 0 Å². The van der Waals surface area contributed by atoms with Crippen molar-refractivity contribution in [3.05, 3.63) is 17.5 Å². The summed E-state index contributed by atoms with van der Waals surface area (Å²) in [6.07, 6.45) is 10.8. The number of rotatable bonds is 8. The van der Waals surface area contributed by atoms with Gasteiger partial charge in [0, 0.05) is 25.6 Å². The average molecular weight is 348 g/mol. The van der Waals surface area contributed by atoms with Gasteiger partial charge in [-0.25, -0.2) is 0 Å². The quantitative estimate of drug-likeness (QED) is 0.756. The smallest absolute Gasteiger partial charge is 0.254 e. The molecule has 5 nitrogen and oxygen atoms in total. The molecular weight excluding hydrogens is 314 g/mol. The molecule has 1 amide bonds. The number of aliphatic hydroxyl groups is 1. The van der Waals surface area contributed by atoms with Crippen LogP contribution in [0, 0.1) is 11.3 Å². The Morgan fingerprint density at radius 3 is 2.68 bits per heavy atom. The zero-order valence-corrected chi connectivity index (χ0v) is 15.8. The number of aromatic nitrogens is 2. The molecule has 2 saturated carbocycles. The molecule has 3 rings (SSSR count). The Morgan fingerprint density at radius 2 is 2.08 bits per heavy atom. The van der Waals surface area contributed by atoms with Crippen LogP contribution in [0.2, 0.25) is 0 Å². The molecule has 1 aromatic rings. The maximum atomic E-state index is 12.9. The number of hydrogen-bond donors (Lipinski definition) is 2. The molecule has 0 bridgehead atoms. The maximum absolute atomic E-state index is 12.9. The first kappa shape index (κ1) is 18.4. The molecule has 25 heavy (non-hydrogen) atoms. The number of aliphatic hydroxyl groups excluding tert-OH is 1. The summed E-state index contributed by atoms with van der Waals surface area (Å²) >= 11 is 0. The van der Waals surface area contributed by atoms with Gasteiger partial charge in [-0.1, -0.05) is 33.1 Å². The van der Waals surface area contributed by atoms with Crippen LogP contribution in [-0.4, -0.2) is 33.9 Å². The highest BCUT2D eigenvalue weighted by molar-refractivity contribution is 5.95. The maximum Gasteiger partial charge on any atom is 0.254 e. The Morgan fingerprint density at radius 1 is 1.36 bits per heavy atom. The van der Waals surface area contributed by atoms with Crippen LogP contribution >= 0.6 is 0 Å². The fourth-order valence-corrected chi connectivity index (χ4v) is 4.27. The number of hydrogen-bond acceptors (Lipinski definition) is 3. The zero-order chi connectivity index (χ0) is 17.9. The Labute approximate surface area is 151 Å². The van der Waals surface area contributed by atoms with E-state index < -0.39 is 0 Å². The van der Waals surface area contributed by atoms with Gasteiger partial charge in [-0.2, -0.15) is 5.10 Å². The van der Waals surface area contributed by atoms with E-state index in [4.69, 9.17) is 0 Å². The molecule has 2 N–H and O–H groups in total. The minimum absolute atomic E-state index is 0.0137. The lowest BCUT2D eigenvalue weighted by Crippen LogP contribution is -2.39. The lowest BCUT2D eigenvalue weighted by atomic mass is 9.72. The van der Waals surface area contributed by atoms with Gasteiger partial charge >= 0.3 is 0 Å². The van der Waals surface area contributed by atoms with Crippen molar-refractivity contribution in [3.63, 3.8) is 0 Å². The Hall–Kier alpha value is -1.36. The third-order valence-electron chi connectivity index (χ3n) is 5.81. The number of nitrogens with zero attached hydrogens (tertiary/aromatic N) is 2. The van der Waals surface area contributed by atoms with E-state index in [-0.39, 0.29) is 17.9 Å². The summed E-state index contributed by atoms with van der Waals surface area (Å²) in [5.41, 5.74) is 1.97. The van der Waals surface area contributed by atoms with E-state index in [1.807, 2.05) is 4.68 Å². The predicted molar refractivity (Wildman–Crippen MR) is 98.6 cm³/mol. The number of amides is 1. The molecule has 0 aliphatic heterocycles. The van der Waals surface area contributed by atoms with Gasteiger partial charge in [-0.05, 0) is 43.4 Å². The molecule has 2 aliphatic rings. The van der Waals surface area contributed by atoms with Crippen molar-refractivity contribution in [1.29, 1.82) is 0 Å². The molecule has 0 spiro atoms. The fraction of sp³-hybridized carbons (Fsp3) is 0.800. The highest BCUT2D eigenvalue weighted by atomic mass is 16.3. The standard InChI is InChI=1S/C20H33N3O2/c1-15(2)13-23-18(16-6-7-16)17(12-22-23)19(25)21-14-20(10-11-24)8-4-3-5-9-20/h12,15-16,24H,3-11,13-14H2,1-2H3,(H,21,25). The van der Waals surface area contributed by atoms with Gasteiger partial charge < -0.3 is 10.4 Å². The minimum Gasteiger partial charge on any atom is -0.396 e. The van der Waals surface area contributed by atoms with Gasteiger partial charge in [0.05, 0.1) is 17.5 Å². The van der Waals surface area contributed by atoms with Crippen LogP contribution in [0.25, 0.3) is 0 Å². The van der Waals surface area contributed by atoms with Crippen LogP contribution in [-0.2, 0) is 6.54 Å². The second kappa shape index (κ2) is 7.90. The third kappa shape index (κ3) is 4.43.